The molecule has 3 heterocycles. The monoisotopic (exact) mass is 290 g/mol. The highest BCUT2D eigenvalue weighted by atomic mass is 32.1. The summed E-state index contributed by atoms with van der Waals surface area (Å²) < 4.78 is 0. The topological polar surface area (TPSA) is 49.4 Å². The normalized spacial score (nSPS) is 29.2. The maximum Gasteiger partial charge on any atom is 0.228 e. The number of carbonyl (C=O) groups excluding carboxylic acids is 2. The molecule has 0 aromatic carbocycles. The summed E-state index contributed by atoms with van der Waals surface area (Å²) in [5, 5.41) is 4.93. The molecule has 0 bridgehead atoms. The summed E-state index contributed by atoms with van der Waals surface area (Å²) in [6, 6.07) is 2.47. The average Bonchev–Trinajstić information content (AvgIpc) is 3.00. The van der Waals surface area contributed by atoms with E-state index in [1.54, 1.807) is 0 Å². The van der Waals surface area contributed by atoms with Crippen molar-refractivity contribution >= 4 is 23.2 Å². The van der Waals surface area contributed by atoms with Crippen LogP contribution in [0.3, 0.4) is 0 Å². The van der Waals surface area contributed by atoms with Crippen molar-refractivity contribution < 1.29 is 9.59 Å². The van der Waals surface area contributed by atoms with Crippen LogP contribution in [0.2, 0.25) is 0 Å². The van der Waals surface area contributed by atoms with E-state index in [2.05, 4.69) is 21.7 Å². The zero-order valence-corrected chi connectivity index (χ0v) is 12.1. The highest BCUT2D eigenvalue weighted by Gasteiger charge is 2.44. The molecule has 1 saturated heterocycles. The lowest BCUT2D eigenvalue weighted by molar-refractivity contribution is -0.139. The third-order valence-corrected chi connectivity index (χ3v) is 5.69. The van der Waals surface area contributed by atoms with Crippen LogP contribution in [0.4, 0.5) is 0 Å². The number of thiophene rings is 1. The minimum absolute atomic E-state index is 0.0135. The van der Waals surface area contributed by atoms with Crippen LogP contribution < -0.4 is 5.32 Å². The molecule has 106 valence electrons. The lowest BCUT2D eigenvalue weighted by Crippen LogP contribution is -2.44. The molecule has 4 rings (SSSR count). The fraction of sp³-hybridized carbons (Fsp3) is 0.600. The van der Waals surface area contributed by atoms with Crippen LogP contribution in [0.5, 0.6) is 0 Å². The summed E-state index contributed by atoms with van der Waals surface area (Å²) in [5.41, 5.74) is 1.37. The van der Waals surface area contributed by atoms with Crippen LogP contribution in [0.15, 0.2) is 11.4 Å². The second-order valence-electron chi connectivity index (χ2n) is 6.07. The quantitative estimate of drug-likeness (QED) is 0.901. The Morgan fingerprint density at radius 1 is 1.40 bits per heavy atom. The van der Waals surface area contributed by atoms with Gasteiger partial charge in [-0.1, -0.05) is 0 Å². The van der Waals surface area contributed by atoms with E-state index in [0.717, 1.165) is 13.0 Å². The van der Waals surface area contributed by atoms with Crippen molar-refractivity contribution in [1.29, 1.82) is 0 Å². The van der Waals surface area contributed by atoms with Gasteiger partial charge in [-0.15, -0.1) is 11.3 Å². The van der Waals surface area contributed by atoms with Gasteiger partial charge in [-0.2, -0.15) is 0 Å². The molecular formula is C15H18N2O2S. The van der Waals surface area contributed by atoms with Crippen LogP contribution in [0.1, 0.15) is 35.7 Å². The molecule has 1 N–H and O–H groups in total. The Hall–Kier alpha value is -1.36. The zero-order chi connectivity index (χ0) is 13.7. The molecule has 2 amide bonds. The molecule has 2 atom stereocenters. The first-order valence-electron chi connectivity index (χ1n) is 7.37. The number of rotatable bonds is 2. The third-order valence-electron chi connectivity index (χ3n) is 4.69. The first-order chi connectivity index (χ1) is 9.74. The van der Waals surface area contributed by atoms with Gasteiger partial charge < -0.3 is 10.2 Å². The van der Waals surface area contributed by atoms with Gasteiger partial charge in [0.1, 0.15) is 0 Å². The molecule has 1 saturated carbocycles. The summed E-state index contributed by atoms with van der Waals surface area (Å²) >= 11 is 1.82. The van der Waals surface area contributed by atoms with Gasteiger partial charge in [0.05, 0.1) is 12.0 Å². The van der Waals surface area contributed by atoms with Gasteiger partial charge in [-0.05, 0) is 42.2 Å². The fourth-order valence-corrected chi connectivity index (χ4v) is 4.44. The van der Waals surface area contributed by atoms with E-state index < -0.39 is 0 Å². The van der Waals surface area contributed by atoms with Gasteiger partial charge in [-0.3, -0.25) is 9.59 Å². The summed E-state index contributed by atoms with van der Waals surface area (Å²) in [6.07, 6.45) is 3.79. The van der Waals surface area contributed by atoms with Gasteiger partial charge in [-0.25, -0.2) is 0 Å². The SMILES string of the molecule is O=C1CC(C(=O)N2CCc3sccc3C2C2CC2)CN1. The molecule has 0 radical (unpaired) electrons. The molecule has 2 unspecified atom stereocenters. The van der Waals surface area contributed by atoms with Gasteiger partial charge in [0.15, 0.2) is 0 Å². The van der Waals surface area contributed by atoms with Crippen LogP contribution in [-0.4, -0.2) is 29.8 Å². The number of nitrogens with zero attached hydrogens (tertiary/aromatic N) is 1. The summed E-state index contributed by atoms with van der Waals surface area (Å²) in [6.45, 7) is 1.33. The van der Waals surface area contributed by atoms with Crippen LogP contribution in [0.25, 0.3) is 0 Å². The standard InChI is InChI=1S/C15H18N2O2S/c18-13-7-10(8-16-13)15(19)17-5-3-12-11(4-6-20-12)14(17)9-1-2-9/h4,6,9-10,14H,1-3,5,7-8H2,(H,16,18). The van der Waals surface area contributed by atoms with Crippen molar-refractivity contribution in [2.45, 2.75) is 31.7 Å². The van der Waals surface area contributed by atoms with E-state index in [4.69, 9.17) is 0 Å². The van der Waals surface area contributed by atoms with Crippen molar-refractivity contribution in [2.75, 3.05) is 13.1 Å². The Bertz CT molecular complexity index is 564. The van der Waals surface area contributed by atoms with Crippen molar-refractivity contribution in [3.05, 3.63) is 21.9 Å². The predicted molar refractivity (Wildman–Crippen MR) is 76.3 cm³/mol. The van der Waals surface area contributed by atoms with E-state index >= 15 is 0 Å². The Kier molecular flexibility index (Phi) is 2.84. The van der Waals surface area contributed by atoms with Crippen LogP contribution >= 0.6 is 11.3 Å². The van der Waals surface area contributed by atoms with Crippen molar-refractivity contribution in [3.8, 4) is 0 Å². The van der Waals surface area contributed by atoms with E-state index in [0.29, 0.717) is 18.9 Å². The number of carbonyl (C=O) groups is 2. The fourth-order valence-electron chi connectivity index (χ4n) is 3.53. The van der Waals surface area contributed by atoms with E-state index in [9.17, 15) is 9.59 Å². The van der Waals surface area contributed by atoms with Gasteiger partial charge in [0.25, 0.3) is 0 Å². The van der Waals surface area contributed by atoms with E-state index in [1.807, 2.05) is 11.3 Å². The molecule has 3 aliphatic rings. The van der Waals surface area contributed by atoms with Crippen LogP contribution in [-0.2, 0) is 16.0 Å². The second kappa shape index (κ2) is 4.58. The highest BCUT2D eigenvalue weighted by Crippen LogP contribution is 2.48. The Morgan fingerprint density at radius 3 is 2.95 bits per heavy atom. The van der Waals surface area contributed by atoms with Gasteiger partial charge in [0.2, 0.25) is 11.8 Å². The Labute approximate surface area is 122 Å². The maximum atomic E-state index is 12.8. The number of hydrogen-bond donors (Lipinski definition) is 1. The van der Waals surface area contributed by atoms with E-state index in [-0.39, 0.29) is 23.8 Å². The zero-order valence-electron chi connectivity index (χ0n) is 11.3. The number of hydrogen-bond acceptors (Lipinski definition) is 3. The molecule has 20 heavy (non-hydrogen) atoms. The summed E-state index contributed by atoms with van der Waals surface area (Å²) in [7, 11) is 0. The number of fused-ring (bicyclic) bond motifs is 1. The maximum absolute atomic E-state index is 12.8. The molecule has 2 aliphatic heterocycles. The van der Waals surface area contributed by atoms with Crippen molar-refractivity contribution in [3.63, 3.8) is 0 Å². The summed E-state index contributed by atoms with van der Waals surface area (Å²) in [5.74, 6) is 0.679. The largest absolute Gasteiger partial charge is 0.355 e. The summed E-state index contributed by atoms with van der Waals surface area (Å²) in [4.78, 5) is 27.6. The molecule has 4 nitrogen and oxygen atoms in total. The average molecular weight is 290 g/mol. The molecule has 1 aliphatic carbocycles. The first-order valence-corrected chi connectivity index (χ1v) is 8.25. The number of amides is 2. The minimum Gasteiger partial charge on any atom is -0.355 e. The van der Waals surface area contributed by atoms with Crippen LogP contribution in [0, 0.1) is 11.8 Å². The molecular weight excluding hydrogens is 272 g/mol. The molecule has 5 heteroatoms. The molecule has 2 fully saturated rings. The Morgan fingerprint density at radius 2 is 2.25 bits per heavy atom. The first kappa shape index (κ1) is 12.4. The van der Waals surface area contributed by atoms with E-state index in [1.165, 1.54) is 23.3 Å². The second-order valence-corrected chi connectivity index (χ2v) is 7.07. The molecule has 0 spiro atoms. The van der Waals surface area contributed by atoms with Crippen molar-refractivity contribution in [2.24, 2.45) is 11.8 Å². The number of nitrogens with one attached hydrogen (secondary N) is 1. The smallest absolute Gasteiger partial charge is 0.228 e. The van der Waals surface area contributed by atoms with Gasteiger partial charge in [0, 0.05) is 24.4 Å². The minimum atomic E-state index is -0.149. The molecule has 1 aromatic rings. The highest BCUT2D eigenvalue weighted by molar-refractivity contribution is 7.10. The Balaban J connectivity index is 1.61. The lowest BCUT2D eigenvalue weighted by Gasteiger charge is -2.37. The molecule has 1 aromatic heterocycles. The third kappa shape index (κ3) is 1.95. The lowest BCUT2D eigenvalue weighted by atomic mass is 9.94. The van der Waals surface area contributed by atoms with Gasteiger partial charge >= 0.3 is 0 Å². The predicted octanol–water partition coefficient (Wildman–Crippen LogP) is 1.72. The van der Waals surface area contributed by atoms with Crippen molar-refractivity contribution in [1.82, 2.24) is 10.2 Å².